The van der Waals surface area contributed by atoms with Crippen LogP contribution < -0.4 is 10.6 Å². The Labute approximate surface area is 176 Å². The van der Waals surface area contributed by atoms with Crippen LogP contribution in [-0.4, -0.2) is 24.9 Å². The maximum atomic E-state index is 13.9. The molecule has 6 nitrogen and oxygen atoms in total. The Hall–Kier alpha value is -3.52. The van der Waals surface area contributed by atoms with Crippen molar-refractivity contribution in [2.45, 2.75) is 13.3 Å². The van der Waals surface area contributed by atoms with E-state index in [0.29, 0.717) is 5.56 Å². The van der Waals surface area contributed by atoms with Gasteiger partial charge in [-0.25, -0.2) is 9.18 Å². The summed E-state index contributed by atoms with van der Waals surface area (Å²) in [7, 11) is 1.22. The molecule has 30 heavy (non-hydrogen) atoms. The second-order valence-corrected chi connectivity index (χ2v) is 7.42. The number of methoxy groups -OCH3 is 1. The summed E-state index contributed by atoms with van der Waals surface area (Å²) in [5, 5.41) is 5.39. The van der Waals surface area contributed by atoms with Gasteiger partial charge >= 0.3 is 5.97 Å². The first-order valence-electron chi connectivity index (χ1n) is 9.02. The number of esters is 1. The van der Waals surface area contributed by atoms with E-state index in [-0.39, 0.29) is 33.5 Å². The van der Waals surface area contributed by atoms with E-state index in [9.17, 15) is 18.8 Å². The van der Waals surface area contributed by atoms with Gasteiger partial charge in [0.2, 0.25) is 5.91 Å². The fourth-order valence-electron chi connectivity index (χ4n) is 2.86. The molecule has 0 saturated carbocycles. The lowest BCUT2D eigenvalue weighted by Crippen LogP contribution is -2.16. The van der Waals surface area contributed by atoms with Crippen molar-refractivity contribution < 1.29 is 23.5 Å². The van der Waals surface area contributed by atoms with E-state index in [0.717, 1.165) is 16.9 Å². The van der Waals surface area contributed by atoms with E-state index >= 15 is 0 Å². The number of halogens is 1. The molecule has 2 amide bonds. The number of amides is 2. The number of benzene rings is 2. The molecule has 0 saturated heterocycles. The van der Waals surface area contributed by atoms with Gasteiger partial charge in [-0.3, -0.25) is 9.59 Å². The minimum atomic E-state index is -0.677. The van der Waals surface area contributed by atoms with Crippen LogP contribution in [0.4, 0.5) is 15.1 Å². The third-order valence-electron chi connectivity index (χ3n) is 4.33. The van der Waals surface area contributed by atoms with Gasteiger partial charge in [0.1, 0.15) is 10.8 Å². The van der Waals surface area contributed by atoms with Crippen LogP contribution in [0.3, 0.4) is 0 Å². The molecule has 1 heterocycles. The highest BCUT2D eigenvalue weighted by Crippen LogP contribution is 2.34. The molecule has 0 spiro atoms. The van der Waals surface area contributed by atoms with Gasteiger partial charge in [-0.15, -0.1) is 11.3 Å². The zero-order valence-electron chi connectivity index (χ0n) is 16.3. The first-order chi connectivity index (χ1) is 14.4. The first kappa shape index (κ1) is 21.2. The number of thiophene rings is 1. The summed E-state index contributed by atoms with van der Waals surface area (Å²) in [6, 6.07) is 14.9. The molecule has 0 aliphatic heterocycles. The molecule has 0 aliphatic carbocycles. The number of carbonyl (C=O) groups excluding carboxylic acids is 3. The Morgan fingerprint density at radius 3 is 2.33 bits per heavy atom. The van der Waals surface area contributed by atoms with E-state index in [1.807, 2.05) is 30.3 Å². The molecular weight excluding hydrogens is 407 g/mol. The number of carbonyl (C=O) groups is 3. The lowest BCUT2D eigenvalue weighted by Gasteiger charge is -2.06. The molecule has 2 aromatic carbocycles. The second kappa shape index (κ2) is 9.32. The normalized spacial score (nSPS) is 10.4. The highest BCUT2D eigenvalue weighted by atomic mass is 32.1. The van der Waals surface area contributed by atoms with Crippen LogP contribution in [0.15, 0.2) is 54.6 Å². The van der Waals surface area contributed by atoms with Crippen molar-refractivity contribution in [3.63, 3.8) is 0 Å². The average Bonchev–Trinajstić information content (AvgIpc) is 3.05. The maximum Gasteiger partial charge on any atom is 0.341 e. The second-order valence-electron chi connectivity index (χ2n) is 6.40. The Morgan fingerprint density at radius 2 is 1.67 bits per heavy atom. The van der Waals surface area contributed by atoms with Crippen LogP contribution in [0.25, 0.3) is 0 Å². The van der Waals surface area contributed by atoms with Crippen molar-refractivity contribution in [2.24, 2.45) is 0 Å². The minimum Gasteiger partial charge on any atom is -0.465 e. The van der Waals surface area contributed by atoms with E-state index in [1.54, 1.807) is 13.0 Å². The quantitative estimate of drug-likeness (QED) is 0.572. The highest BCUT2D eigenvalue weighted by Gasteiger charge is 2.26. The maximum absolute atomic E-state index is 13.9. The number of nitrogens with one attached hydrogen (secondary N) is 2. The molecular formula is C22H19FN2O4S. The minimum absolute atomic E-state index is 0.0181. The Kier molecular flexibility index (Phi) is 6.58. The van der Waals surface area contributed by atoms with Gasteiger partial charge in [-0.2, -0.15) is 0 Å². The summed E-state index contributed by atoms with van der Waals surface area (Å²) in [6.07, 6.45) is 0.106. The van der Waals surface area contributed by atoms with Gasteiger partial charge in [0.05, 0.1) is 29.7 Å². The largest absolute Gasteiger partial charge is 0.465 e. The molecule has 0 unspecified atom stereocenters. The zero-order chi connectivity index (χ0) is 21.7. The van der Waals surface area contributed by atoms with E-state index in [2.05, 4.69) is 10.6 Å². The topological polar surface area (TPSA) is 84.5 Å². The molecule has 3 aromatic rings. The number of hydrogen-bond donors (Lipinski definition) is 2. The lowest BCUT2D eigenvalue weighted by atomic mass is 10.1. The summed E-state index contributed by atoms with van der Waals surface area (Å²) >= 11 is 0.935. The van der Waals surface area contributed by atoms with Crippen molar-refractivity contribution >= 4 is 39.8 Å². The van der Waals surface area contributed by atoms with Gasteiger partial charge in [-0.05, 0) is 30.2 Å². The molecule has 0 radical (unpaired) electrons. The van der Waals surface area contributed by atoms with Crippen LogP contribution in [-0.2, 0) is 16.0 Å². The van der Waals surface area contributed by atoms with E-state index < -0.39 is 17.7 Å². The number of ether oxygens (including phenoxy) is 1. The van der Waals surface area contributed by atoms with Crippen molar-refractivity contribution in [1.29, 1.82) is 0 Å². The molecule has 0 bridgehead atoms. The van der Waals surface area contributed by atoms with Crippen LogP contribution in [0.5, 0.6) is 0 Å². The molecule has 0 aliphatic rings. The smallest absolute Gasteiger partial charge is 0.341 e. The summed E-state index contributed by atoms with van der Waals surface area (Å²) in [4.78, 5) is 37.6. The molecule has 2 N–H and O–H groups in total. The van der Waals surface area contributed by atoms with E-state index in [1.165, 1.54) is 25.3 Å². The molecule has 0 atom stereocenters. The summed E-state index contributed by atoms with van der Waals surface area (Å²) in [6.45, 7) is 1.58. The first-order valence-corrected chi connectivity index (χ1v) is 9.83. The summed E-state index contributed by atoms with van der Waals surface area (Å²) in [5.74, 6) is -2.18. The van der Waals surface area contributed by atoms with Crippen molar-refractivity contribution in [3.8, 4) is 0 Å². The number of para-hydroxylation sites is 1. The lowest BCUT2D eigenvalue weighted by molar-refractivity contribution is -0.115. The predicted octanol–water partition coefficient (Wildman–Crippen LogP) is 4.42. The van der Waals surface area contributed by atoms with Gasteiger partial charge in [0.15, 0.2) is 0 Å². The van der Waals surface area contributed by atoms with Gasteiger partial charge in [0, 0.05) is 0 Å². The third-order valence-corrected chi connectivity index (χ3v) is 5.53. The van der Waals surface area contributed by atoms with Crippen LogP contribution in [0.2, 0.25) is 0 Å². The van der Waals surface area contributed by atoms with Crippen LogP contribution in [0.1, 0.15) is 31.2 Å². The summed E-state index contributed by atoms with van der Waals surface area (Å²) < 4.78 is 18.7. The monoisotopic (exact) mass is 426 g/mol. The molecule has 8 heteroatoms. The Balaban J connectivity index is 1.87. The number of rotatable bonds is 6. The summed E-state index contributed by atoms with van der Waals surface area (Å²) in [5.41, 5.74) is 1.27. The number of hydrogen-bond acceptors (Lipinski definition) is 5. The average molecular weight is 426 g/mol. The highest BCUT2D eigenvalue weighted by molar-refractivity contribution is 7.18. The Bertz CT molecular complexity index is 1100. The SMILES string of the molecule is COC(=O)c1c(NC(=O)Cc2ccccc2)sc(C(=O)Nc2ccccc2F)c1C. The molecule has 0 fully saturated rings. The predicted molar refractivity (Wildman–Crippen MR) is 114 cm³/mol. The molecule has 1 aromatic heterocycles. The third kappa shape index (κ3) is 4.72. The van der Waals surface area contributed by atoms with Gasteiger partial charge in [-0.1, -0.05) is 42.5 Å². The van der Waals surface area contributed by atoms with Gasteiger partial charge < -0.3 is 15.4 Å². The fraction of sp³-hybridized carbons (Fsp3) is 0.136. The van der Waals surface area contributed by atoms with E-state index in [4.69, 9.17) is 4.74 Å². The van der Waals surface area contributed by atoms with Crippen molar-refractivity contribution in [2.75, 3.05) is 17.7 Å². The standard InChI is InChI=1S/C22H19FN2O4S/c1-13-18(22(28)29-2)21(25-17(26)12-14-8-4-3-5-9-14)30-19(13)20(27)24-16-11-7-6-10-15(16)23/h3-11H,12H2,1-2H3,(H,24,27)(H,25,26). The van der Waals surface area contributed by atoms with Gasteiger partial charge in [0.25, 0.3) is 5.91 Å². The Morgan fingerprint density at radius 1 is 1.00 bits per heavy atom. The number of anilines is 2. The zero-order valence-corrected chi connectivity index (χ0v) is 17.1. The van der Waals surface area contributed by atoms with Crippen molar-refractivity contribution in [1.82, 2.24) is 0 Å². The van der Waals surface area contributed by atoms with Crippen LogP contribution in [0, 0.1) is 12.7 Å². The van der Waals surface area contributed by atoms with Crippen molar-refractivity contribution in [3.05, 3.63) is 82.0 Å². The fourth-order valence-corrected chi connectivity index (χ4v) is 3.97. The van der Waals surface area contributed by atoms with Crippen LogP contribution >= 0.6 is 11.3 Å². The molecule has 3 rings (SSSR count). The molecule has 154 valence electrons.